The molecule has 16 heavy (non-hydrogen) atoms. The molecule has 0 fully saturated rings. The van der Waals surface area contributed by atoms with E-state index >= 15 is 0 Å². The highest BCUT2D eigenvalue weighted by atomic mass is 127. The summed E-state index contributed by atoms with van der Waals surface area (Å²) < 4.78 is 24.5. The van der Waals surface area contributed by atoms with E-state index < -0.39 is 7.19 Å². The van der Waals surface area contributed by atoms with Crippen molar-refractivity contribution in [3.63, 3.8) is 0 Å². The van der Waals surface area contributed by atoms with E-state index in [1.165, 1.54) is 25.5 Å². The fraction of sp³-hybridized carbons (Fsp3) is 0.400. The van der Waals surface area contributed by atoms with Gasteiger partial charge in [-0.15, -0.1) is 0 Å². The first-order valence-corrected chi connectivity index (χ1v) is 8.89. The summed E-state index contributed by atoms with van der Waals surface area (Å²) in [5.41, 5.74) is 2.14. The SMILES string of the molecule is O=S(=O)(I)N1Cc2ccccc2C[C@H]1CO. The van der Waals surface area contributed by atoms with Gasteiger partial charge in [0, 0.05) is 6.54 Å². The average Bonchev–Trinajstić information content (AvgIpc) is 2.26. The molecule has 0 aliphatic carbocycles. The molecule has 88 valence electrons. The lowest BCUT2D eigenvalue weighted by molar-refractivity contribution is 0.176. The van der Waals surface area contributed by atoms with E-state index in [2.05, 4.69) is 0 Å². The molecule has 1 aromatic carbocycles. The molecule has 1 N–H and O–H groups in total. The normalized spacial score (nSPS) is 21.8. The molecular weight excluding hydrogens is 341 g/mol. The van der Waals surface area contributed by atoms with Crippen LogP contribution in [0.2, 0.25) is 0 Å². The number of nitrogens with zero attached hydrogens (tertiary/aromatic N) is 1. The number of rotatable bonds is 2. The molecule has 0 amide bonds. The summed E-state index contributed by atoms with van der Waals surface area (Å²) in [6.45, 7) is 0.212. The van der Waals surface area contributed by atoms with Crippen molar-refractivity contribution >= 4 is 28.4 Å². The van der Waals surface area contributed by atoms with Gasteiger partial charge in [-0.25, -0.2) is 8.42 Å². The number of hydrogen-bond acceptors (Lipinski definition) is 3. The van der Waals surface area contributed by atoms with Crippen LogP contribution in [0.25, 0.3) is 0 Å². The molecule has 0 saturated carbocycles. The molecule has 1 aliphatic heterocycles. The van der Waals surface area contributed by atoms with Gasteiger partial charge >= 0.3 is 0 Å². The van der Waals surface area contributed by atoms with E-state index in [-0.39, 0.29) is 12.6 Å². The number of fused-ring (bicyclic) bond motifs is 1. The number of aliphatic hydroxyl groups excluding tert-OH is 1. The molecule has 1 atom stereocenters. The monoisotopic (exact) mass is 353 g/mol. The van der Waals surface area contributed by atoms with Crippen molar-refractivity contribution < 1.29 is 13.5 Å². The molecule has 6 heteroatoms. The quantitative estimate of drug-likeness (QED) is 0.640. The predicted octanol–water partition coefficient (Wildman–Crippen LogP) is 1.09. The van der Waals surface area contributed by atoms with Crippen molar-refractivity contribution in [2.75, 3.05) is 6.61 Å². The summed E-state index contributed by atoms with van der Waals surface area (Å²) in [4.78, 5) is 0. The number of hydrogen-bond donors (Lipinski definition) is 1. The minimum absolute atomic E-state index is 0.142. The Hall–Kier alpha value is -0.180. The number of aliphatic hydroxyl groups is 1. The zero-order valence-electron chi connectivity index (χ0n) is 8.51. The second-order valence-corrected chi connectivity index (χ2v) is 8.43. The summed E-state index contributed by atoms with van der Waals surface area (Å²) in [6, 6.07) is 7.40. The van der Waals surface area contributed by atoms with E-state index in [9.17, 15) is 13.5 Å². The van der Waals surface area contributed by atoms with Crippen molar-refractivity contribution in [1.82, 2.24) is 4.31 Å². The Labute approximate surface area is 107 Å². The van der Waals surface area contributed by atoms with E-state index in [1.807, 2.05) is 24.3 Å². The maximum absolute atomic E-state index is 11.6. The molecule has 1 heterocycles. The zero-order valence-corrected chi connectivity index (χ0v) is 11.5. The molecule has 1 aliphatic rings. The molecule has 4 nitrogen and oxygen atoms in total. The summed E-state index contributed by atoms with van der Waals surface area (Å²) in [7, 11) is -3.29. The van der Waals surface area contributed by atoms with Crippen molar-refractivity contribution in [2.45, 2.75) is 19.0 Å². The fourth-order valence-electron chi connectivity index (χ4n) is 1.97. The zero-order chi connectivity index (χ0) is 11.8. The van der Waals surface area contributed by atoms with Crippen LogP contribution in [-0.4, -0.2) is 30.5 Å². The highest BCUT2D eigenvalue weighted by Crippen LogP contribution is 2.27. The van der Waals surface area contributed by atoms with Gasteiger partial charge in [0.1, 0.15) is 0 Å². The topological polar surface area (TPSA) is 57.6 Å². The van der Waals surface area contributed by atoms with Gasteiger partial charge in [-0.2, -0.15) is 4.31 Å². The average molecular weight is 353 g/mol. The summed E-state index contributed by atoms with van der Waals surface area (Å²) in [6.07, 6.45) is 0.578. The maximum Gasteiger partial charge on any atom is 0.268 e. The molecule has 0 saturated heterocycles. The van der Waals surface area contributed by atoms with Crippen LogP contribution in [0.1, 0.15) is 11.1 Å². The van der Waals surface area contributed by atoms with E-state index in [4.69, 9.17) is 0 Å². The van der Waals surface area contributed by atoms with Gasteiger partial charge in [0.2, 0.25) is 0 Å². The van der Waals surface area contributed by atoms with Crippen molar-refractivity contribution in [3.8, 4) is 0 Å². The minimum atomic E-state index is -3.29. The van der Waals surface area contributed by atoms with Crippen molar-refractivity contribution in [2.24, 2.45) is 0 Å². The Morgan fingerprint density at radius 1 is 1.38 bits per heavy atom. The Morgan fingerprint density at radius 2 is 2.00 bits per heavy atom. The van der Waals surface area contributed by atoms with Crippen LogP contribution >= 0.6 is 21.2 Å². The first-order chi connectivity index (χ1) is 7.52. The van der Waals surface area contributed by atoms with Gasteiger partial charge in [0.05, 0.1) is 33.9 Å². The third-order valence-electron chi connectivity index (χ3n) is 2.80. The lowest BCUT2D eigenvalue weighted by Gasteiger charge is -2.33. The molecule has 0 bridgehead atoms. The van der Waals surface area contributed by atoms with Crippen LogP contribution in [0.3, 0.4) is 0 Å². The van der Waals surface area contributed by atoms with Crippen LogP contribution in [0, 0.1) is 0 Å². The molecule has 0 unspecified atom stereocenters. The highest BCUT2D eigenvalue weighted by molar-refractivity contribution is 14.2. The van der Waals surface area contributed by atoms with Crippen LogP contribution in [0.15, 0.2) is 24.3 Å². The molecule has 0 aromatic heterocycles. The molecule has 2 rings (SSSR count). The van der Waals surface area contributed by atoms with Crippen LogP contribution < -0.4 is 0 Å². The summed E-state index contributed by atoms with van der Waals surface area (Å²) in [5.74, 6) is 0. The standard InChI is InChI=1S/C10H12INO3S/c11-16(14,15)12-6-9-4-2-1-3-8(9)5-10(12)7-13/h1-4,10,13H,5-7H2/t10-/m0/s1. The third kappa shape index (κ3) is 2.39. The van der Waals surface area contributed by atoms with Crippen LogP contribution in [0.5, 0.6) is 0 Å². The van der Waals surface area contributed by atoms with Gasteiger partial charge in [-0.3, -0.25) is 0 Å². The molecule has 1 aromatic rings. The predicted molar refractivity (Wildman–Crippen MR) is 69.5 cm³/mol. The van der Waals surface area contributed by atoms with Gasteiger partial charge < -0.3 is 5.11 Å². The Balaban J connectivity index is 2.38. The largest absolute Gasteiger partial charge is 0.395 e. The summed E-state index contributed by atoms with van der Waals surface area (Å²) in [5, 5.41) is 9.24. The van der Waals surface area contributed by atoms with Gasteiger partial charge in [-0.1, -0.05) is 24.3 Å². The number of halogens is 1. The lowest BCUT2D eigenvalue weighted by Crippen LogP contribution is -2.44. The number of benzene rings is 1. The van der Waals surface area contributed by atoms with E-state index in [1.54, 1.807) is 0 Å². The van der Waals surface area contributed by atoms with Crippen LogP contribution in [-0.2, 0) is 20.2 Å². The van der Waals surface area contributed by atoms with E-state index in [0.29, 0.717) is 13.0 Å². The van der Waals surface area contributed by atoms with E-state index in [0.717, 1.165) is 11.1 Å². The minimum Gasteiger partial charge on any atom is -0.395 e. The Kier molecular flexibility index (Phi) is 3.53. The Bertz CT molecular complexity index is 489. The third-order valence-corrected chi connectivity index (χ3v) is 5.30. The lowest BCUT2D eigenvalue weighted by atomic mass is 9.96. The second-order valence-electron chi connectivity index (χ2n) is 3.80. The summed E-state index contributed by atoms with van der Waals surface area (Å²) >= 11 is 1.42. The van der Waals surface area contributed by atoms with Crippen molar-refractivity contribution in [1.29, 1.82) is 0 Å². The smallest absolute Gasteiger partial charge is 0.268 e. The van der Waals surface area contributed by atoms with Crippen molar-refractivity contribution in [3.05, 3.63) is 35.4 Å². The highest BCUT2D eigenvalue weighted by Gasteiger charge is 2.32. The van der Waals surface area contributed by atoms with Gasteiger partial charge in [-0.05, 0) is 17.5 Å². The van der Waals surface area contributed by atoms with Crippen LogP contribution in [0.4, 0.5) is 0 Å². The Morgan fingerprint density at radius 3 is 2.56 bits per heavy atom. The second kappa shape index (κ2) is 4.59. The fourth-order valence-corrected chi connectivity index (χ4v) is 4.15. The van der Waals surface area contributed by atoms with Gasteiger partial charge in [0.15, 0.2) is 0 Å². The maximum atomic E-state index is 11.6. The molecule has 0 radical (unpaired) electrons. The molecular formula is C10H12INO3S. The first-order valence-electron chi connectivity index (χ1n) is 4.91. The first kappa shape index (κ1) is 12.3. The molecule has 0 spiro atoms. The van der Waals surface area contributed by atoms with Gasteiger partial charge in [0.25, 0.3) is 7.19 Å².